The molecule has 0 saturated carbocycles. The SMILES string of the molecule is CC[C@@H](C)NC(=O)NC(=O)COC(=O)c1cc(Cl)ccc1[N+](=O)[O-]. The molecule has 1 aromatic rings. The Kier molecular flexibility index (Phi) is 7.12. The Morgan fingerprint density at radius 1 is 1.38 bits per heavy atom. The smallest absolute Gasteiger partial charge is 0.345 e. The van der Waals surface area contributed by atoms with Gasteiger partial charge >= 0.3 is 12.0 Å². The number of amides is 3. The van der Waals surface area contributed by atoms with Gasteiger partial charge in [-0.25, -0.2) is 9.59 Å². The fourth-order valence-electron chi connectivity index (χ4n) is 1.56. The summed E-state index contributed by atoms with van der Waals surface area (Å²) >= 11 is 5.70. The number of nitrogens with zero attached hydrogens (tertiary/aromatic N) is 1. The van der Waals surface area contributed by atoms with Gasteiger partial charge in [0, 0.05) is 17.1 Å². The van der Waals surface area contributed by atoms with Gasteiger partial charge < -0.3 is 10.1 Å². The number of nitro groups is 1. The Labute approximate surface area is 142 Å². The van der Waals surface area contributed by atoms with Crippen molar-refractivity contribution in [2.75, 3.05) is 6.61 Å². The lowest BCUT2D eigenvalue weighted by molar-refractivity contribution is -0.385. The van der Waals surface area contributed by atoms with Gasteiger partial charge in [0.05, 0.1) is 4.92 Å². The molecule has 0 aromatic heterocycles. The van der Waals surface area contributed by atoms with Gasteiger partial charge in [0.2, 0.25) is 0 Å². The Morgan fingerprint density at radius 2 is 2.04 bits per heavy atom. The maximum atomic E-state index is 11.9. The van der Waals surface area contributed by atoms with Crippen LogP contribution in [0.4, 0.5) is 10.5 Å². The Hall–Kier alpha value is -2.68. The number of carbonyl (C=O) groups is 3. The lowest BCUT2D eigenvalue weighted by atomic mass is 10.2. The summed E-state index contributed by atoms with van der Waals surface area (Å²) in [5.74, 6) is -1.96. The fourth-order valence-corrected chi connectivity index (χ4v) is 1.74. The summed E-state index contributed by atoms with van der Waals surface area (Å²) in [7, 11) is 0. The van der Waals surface area contributed by atoms with Crippen LogP contribution in [0.3, 0.4) is 0 Å². The van der Waals surface area contributed by atoms with Crippen LogP contribution < -0.4 is 10.6 Å². The second-order valence-electron chi connectivity index (χ2n) is 4.83. The van der Waals surface area contributed by atoms with E-state index in [1.54, 1.807) is 6.92 Å². The normalized spacial score (nSPS) is 11.3. The van der Waals surface area contributed by atoms with Crippen LogP contribution >= 0.6 is 11.6 Å². The van der Waals surface area contributed by atoms with Crippen molar-refractivity contribution in [1.29, 1.82) is 0 Å². The number of benzene rings is 1. The van der Waals surface area contributed by atoms with Crippen molar-refractivity contribution in [3.05, 3.63) is 38.9 Å². The number of carbonyl (C=O) groups excluding carboxylic acids is 3. The summed E-state index contributed by atoms with van der Waals surface area (Å²) in [5.41, 5.74) is -0.885. The number of hydrogen-bond acceptors (Lipinski definition) is 6. The Morgan fingerprint density at radius 3 is 2.62 bits per heavy atom. The van der Waals surface area contributed by atoms with Crippen molar-refractivity contribution in [2.45, 2.75) is 26.3 Å². The molecule has 1 aromatic carbocycles. The molecular formula is C14H16ClN3O6. The first-order valence-corrected chi connectivity index (χ1v) is 7.33. The molecule has 24 heavy (non-hydrogen) atoms. The second-order valence-corrected chi connectivity index (χ2v) is 5.26. The van der Waals surface area contributed by atoms with E-state index in [-0.39, 0.29) is 16.6 Å². The number of hydrogen-bond donors (Lipinski definition) is 2. The van der Waals surface area contributed by atoms with Crippen molar-refractivity contribution in [2.24, 2.45) is 0 Å². The standard InChI is InChI=1S/C14H16ClN3O6/c1-3-8(2)16-14(21)17-12(19)7-24-13(20)10-6-9(15)4-5-11(10)18(22)23/h4-6,8H,3,7H2,1-2H3,(H2,16,17,19,21)/t8-/m1/s1. The van der Waals surface area contributed by atoms with E-state index in [1.165, 1.54) is 6.07 Å². The van der Waals surface area contributed by atoms with Crippen molar-refractivity contribution < 1.29 is 24.0 Å². The average Bonchev–Trinajstić information content (AvgIpc) is 2.51. The highest BCUT2D eigenvalue weighted by Crippen LogP contribution is 2.23. The van der Waals surface area contributed by atoms with Crippen molar-refractivity contribution >= 4 is 35.2 Å². The van der Waals surface area contributed by atoms with E-state index < -0.39 is 35.1 Å². The molecule has 10 heteroatoms. The number of nitrogens with one attached hydrogen (secondary N) is 2. The molecule has 9 nitrogen and oxygen atoms in total. The maximum absolute atomic E-state index is 11.9. The van der Waals surface area contributed by atoms with Crippen molar-refractivity contribution in [3.63, 3.8) is 0 Å². The van der Waals surface area contributed by atoms with E-state index >= 15 is 0 Å². The number of halogens is 1. The zero-order valence-corrected chi connectivity index (χ0v) is 13.8. The minimum Gasteiger partial charge on any atom is -0.452 e. The molecule has 3 amide bonds. The quantitative estimate of drug-likeness (QED) is 0.455. The van der Waals surface area contributed by atoms with Crippen LogP contribution in [0.2, 0.25) is 5.02 Å². The molecule has 0 aliphatic rings. The predicted molar refractivity (Wildman–Crippen MR) is 84.8 cm³/mol. The third-order valence-corrected chi connectivity index (χ3v) is 3.19. The first-order valence-electron chi connectivity index (χ1n) is 6.96. The van der Waals surface area contributed by atoms with Crippen LogP contribution in [0.15, 0.2) is 18.2 Å². The summed E-state index contributed by atoms with van der Waals surface area (Å²) in [4.78, 5) is 44.9. The predicted octanol–water partition coefficient (Wildman–Crippen LogP) is 2.03. The zero-order chi connectivity index (χ0) is 18.3. The zero-order valence-electron chi connectivity index (χ0n) is 13.0. The van der Waals surface area contributed by atoms with Gasteiger partial charge in [0.15, 0.2) is 6.61 Å². The van der Waals surface area contributed by atoms with Crippen LogP contribution in [0, 0.1) is 10.1 Å². The topological polar surface area (TPSA) is 128 Å². The van der Waals surface area contributed by atoms with E-state index in [2.05, 4.69) is 10.1 Å². The van der Waals surface area contributed by atoms with Crippen molar-refractivity contribution in [1.82, 2.24) is 10.6 Å². The monoisotopic (exact) mass is 357 g/mol. The minimum absolute atomic E-state index is 0.102. The summed E-state index contributed by atoms with van der Waals surface area (Å²) in [5, 5.41) is 15.4. The van der Waals surface area contributed by atoms with Crippen LogP contribution in [-0.2, 0) is 9.53 Å². The molecular weight excluding hydrogens is 342 g/mol. The number of nitro benzene ring substituents is 1. The van der Waals surface area contributed by atoms with Gasteiger partial charge in [-0.15, -0.1) is 0 Å². The molecule has 2 N–H and O–H groups in total. The van der Waals surface area contributed by atoms with E-state index in [9.17, 15) is 24.5 Å². The molecule has 0 radical (unpaired) electrons. The molecule has 0 fully saturated rings. The number of esters is 1. The number of urea groups is 1. The molecule has 1 atom stereocenters. The Balaban J connectivity index is 2.63. The first-order chi connectivity index (χ1) is 11.2. The average molecular weight is 358 g/mol. The van der Waals surface area contributed by atoms with Gasteiger partial charge in [-0.1, -0.05) is 18.5 Å². The third-order valence-electron chi connectivity index (χ3n) is 2.95. The van der Waals surface area contributed by atoms with Gasteiger partial charge in [0.25, 0.3) is 11.6 Å². The number of rotatable bonds is 6. The first kappa shape index (κ1) is 19.4. The van der Waals surface area contributed by atoms with E-state index in [4.69, 9.17) is 11.6 Å². The molecule has 0 saturated heterocycles. The van der Waals surface area contributed by atoms with Gasteiger partial charge in [-0.05, 0) is 25.5 Å². The van der Waals surface area contributed by atoms with Crippen LogP contribution in [0.1, 0.15) is 30.6 Å². The van der Waals surface area contributed by atoms with Crippen LogP contribution in [0.25, 0.3) is 0 Å². The molecule has 0 spiro atoms. The van der Waals surface area contributed by atoms with Gasteiger partial charge in [-0.3, -0.25) is 20.2 Å². The largest absolute Gasteiger partial charge is 0.452 e. The van der Waals surface area contributed by atoms with Crippen LogP contribution in [-0.4, -0.2) is 35.5 Å². The summed E-state index contributed by atoms with van der Waals surface area (Å²) in [6, 6.07) is 2.52. The van der Waals surface area contributed by atoms with Crippen molar-refractivity contribution in [3.8, 4) is 0 Å². The maximum Gasteiger partial charge on any atom is 0.345 e. The number of ether oxygens (including phenoxy) is 1. The summed E-state index contributed by atoms with van der Waals surface area (Å²) in [6.07, 6.45) is 0.676. The molecule has 0 aliphatic carbocycles. The molecule has 0 bridgehead atoms. The fraction of sp³-hybridized carbons (Fsp3) is 0.357. The highest BCUT2D eigenvalue weighted by Gasteiger charge is 2.22. The molecule has 0 heterocycles. The third kappa shape index (κ3) is 5.84. The minimum atomic E-state index is -1.10. The molecule has 130 valence electrons. The molecule has 0 unspecified atom stereocenters. The molecule has 0 aliphatic heterocycles. The highest BCUT2D eigenvalue weighted by molar-refractivity contribution is 6.31. The second kappa shape index (κ2) is 8.82. The van der Waals surface area contributed by atoms with Gasteiger partial charge in [-0.2, -0.15) is 0 Å². The number of imide groups is 1. The summed E-state index contributed by atoms with van der Waals surface area (Å²) < 4.78 is 4.67. The lowest BCUT2D eigenvalue weighted by Crippen LogP contribution is -2.44. The molecule has 1 rings (SSSR count). The van der Waals surface area contributed by atoms with E-state index in [1.807, 2.05) is 12.2 Å². The lowest BCUT2D eigenvalue weighted by Gasteiger charge is -2.11. The Bertz CT molecular complexity index is 664. The summed E-state index contributed by atoms with van der Waals surface area (Å²) in [6.45, 7) is 2.84. The van der Waals surface area contributed by atoms with Crippen LogP contribution in [0.5, 0.6) is 0 Å². The van der Waals surface area contributed by atoms with E-state index in [0.29, 0.717) is 6.42 Å². The van der Waals surface area contributed by atoms with Gasteiger partial charge in [0.1, 0.15) is 5.56 Å². The van der Waals surface area contributed by atoms with E-state index in [0.717, 1.165) is 12.1 Å². The highest BCUT2D eigenvalue weighted by atomic mass is 35.5.